The molecule has 0 radical (unpaired) electrons. The predicted octanol–water partition coefficient (Wildman–Crippen LogP) is 5.01. The maximum atomic E-state index is 13.2. The van der Waals surface area contributed by atoms with Gasteiger partial charge in [-0.05, 0) is 36.8 Å². The number of nitrogens with zero attached hydrogens (tertiary/aromatic N) is 2. The van der Waals surface area contributed by atoms with Crippen LogP contribution in [-0.4, -0.2) is 9.55 Å². The highest BCUT2D eigenvalue weighted by atomic mass is 35.5. The van der Waals surface area contributed by atoms with Crippen LogP contribution in [0.3, 0.4) is 0 Å². The summed E-state index contributed by atoms with van der Waals surface area (Å²) in [5, 5.41) is 1.20. The normalized spacial score (nSPS) is 11.0. The lowest BCUT2D eigenvalue weighted by molar-refractivity contribution is 0.975. The lowest BCUT2D eigenvalue weighted by Gasteiger charge is -2.14. The highest BCUT2D eigenvalue weighted by molar-refractivity contribution is 6.31. The van der Waals surface area contributed by atoms with Crippen molar-refractivity contribution in [1.29, 1.82) is 0 Å². The quantitative estimate of drug-likeness (QED) is 0.511. The van der Waals surface area contributed by atoms with Gasteiger partial charge in [-0.2, -0.15) is 0 Å². The summed E-state index contributed by atoms with van der Waals surface area (Å²) in [4.78, 5) is 18.0. The summed E-state index contributed by atoms with van der Waals surface area (Å²) < 4.78 is 1.63. The summed E-state index contributed by atoms with van der Waals surface area (Å²) in [5.41, 5.74) is 3.12. The average Bonchev–Trinajstić information content (AvgIpc) is 2.65. The number of aryl methyl sites for hydroxylation is 1. The second-order valence-electron chi connectivity index (χ2n) is 5.89. The minimum absolute atomic E-state index is 0.107. The molecule has 3 nitrogen and oxygen atoms in total. The van der Waals surface area contributed by atoms with Crippen molar-refractivity contribution in [3.8, 4) is 17.1 Å². The van der Waals surface area contributed by atoms with E-state index < -0.39 is 0 Å². The van der Waals surface area contributed by atoms with E-state index in [1.807, 2.05) is 67.6 Å². The van der Waals surface area contributed by atoms with Gasteiger partial charge in [-0.1, -0.05) is 60.1 Å². The van der Waals surface area contributed by atoms with Crippen molar-refractivity contribution in [3.05, 3.63) is 93.7 Å². The molecule has 0 amide bonds. The molecule has 0 saturated carbocycles. The first-order valence-corrected chi connectivity index (χ1v) is 8.37. The molecule has 0 atom stereocenters. The Morgan fingerprint density at radius 1 is 0.920 bits per heavy atom. The fourth-order valence-electron chi connectivity index (χ4n) is 2.87. The predicted molar refractivity (Wildman–Crippen MR) is 103 cm³/mol. The molecular weight excluding hydrogens is 332 g/mol. The monoisotopic (exact) mass is 346 g/mol. The summed E-state index contributed by atoms with van der Waals surface area (Å²) >= 11 is 6.30. The maximum Gasteiger partial charge on any atom is 0.266 e. The fourth-order valence-corrected chi connectivity index (χ4v) is 3.05. The Balaban J connectivity index is 2.12. The van der Waals surface area contributed by atoms with E-state index in [-0.39, 0.29) is 5.56 Å². The molecule has 0 fully saturated rings. The second-order valence-corrected chi connectivity index (χ2v) is 6.30. The van der Waals surface area contributed by atoms with E-state index >= 15 is 0 Å². The molecule has 4 rings (SSSR count). The van der Waals surface area contributed by atoms with Crippen LogP contribution in [0.2, 0.25) is 5.02 Å². The van der Waals surface area contributed by atoms with E-state index in [2.05, 4.69) is 0 Å². The summed E-state index contributed by atoms with van der Waals surface area (Å²) in [7, 11) is 0. The summed E-state index contributed by atoms with van der Waals surface area (Å²) in [6, 6.07) is 22.7. The highest BCUT2D eigenvalue weighted by Gasteiger charge is 2.14. The number of aromatic nitrogens is 2. The van der Waals surface area contributed by atoms with E-state index in [1.54, 1.807) is 16.7 Å². The van der Waals surface area contributed by atoms with E-state index in [9.17, 15) is 4.79 Å². The molecule has 4 aromatic rings. The van der Waals surface area contributed by atoms with Gasteiger partial charge in [-0.3, -0.25) is 9.36 Å². The van der Waals surface area contributed by atoms with Crippen molar-refractivity contribution < 1.29 is 0 Å². The molecule has 0 N–H and O–H groups in total. The molecule has 0 aliphatic rings. The Kier molecular flexibility index (Phi) is 3.86. The van der Waals surface area contributed by atoms with Gasteiger partial charge in [0.05, 0.1) is 16.6 Å². The number of hydrogen-bond donors (Lipinski definition) is 0. The number of rotatable bonds is 2. The highest BCUT2D eigenvalue weighted by Crippen LogP contribution is 2.24. The number of hydrogen-bond acceptors (Lipinski definition) is 2. The first kappa shape index (κ1) is 15.6. The van der Waals surface area contributed by atoms with Gasteiger partial charge in [0.15, 0.2) is 0 Å². The lowest BCUT2D eigenvalue weighted by atomic mass is 10.1. The molecule has 122 valence electrons. The Morgan fingerprint density at radius 3 is 2.40 bits per heavy atom. The van der Waals surface area contributed by atoms with Crippen LogP contribution >= 0.6 is 11.6 Å². The Morgan fingerprint density at radius 2 is 1.64 bits per heavy atom. The fraction of sp³-hybridized carbons (Fsp3) is 0.0476. The first-order chi connectivity index (χ1) is 12.1. The molecule has 1 aromatic heterocycles. The molecule has 4 heteroatoms. The van der Waals surface area contributed by atoms with Crippen molar-refractivity contribution in [1.82, 2.24) is 9.55 Å². The smallest absolute Gasteiger partial charge is 0.266 e. The average molecular weight is 347 g/mol. The van der Waals surface area contributed by atoms with E-state index in [0.717, 1.165) is 11.1 Å². The van der Waals surface area contributed by atoms with Crippen LogP contribution in [0.4, 0.5) is 0 Å². The molecule has 0 unspecified atom stereocenters. The van der Waals surface area contributed by atoms with Gasteiger partial charge in [-0.15, -0.1) is 0 Å². The molecule has 1 heterocycles. The number of halogens is 1. The van der Waals surface area contributed by atoms with Crippen LogP contribution in [0.25, 0.3) is 28.0 Å². The Bertz CT molecular complexity index is 1130. The summed E-state index contributed by atoms with van der Waals surface area (Å²) in [6.45, 7) is 1.94. The van der Waals surface area contributed by atoms with Crippen LogP contribution < -0.4 is 5.56 Å². The molecule has 0 saturated heterocycles. The molecule has 0 aliphatic heterocycles. The van der Waals surface area contributed by atoms with Gasteiger partial charge in [0.25, 0.3) is 5.56 Å². The van der Waals surface area contributed by atoms with Crippen molar-refractivity contribution in [2.75, 3.05) is 0 Å². The SMILES string of the molecule is Cc1ccc(-n2c(-c3ccccc3)nc3ccccc3c2=O)cc1Cl. The lowest BCUT2D eigenvalue weighted by Crippen LogP contribution is -2.22. The third kappa shape index (κ3) is 2.73. The molecule has 25 heavy (non-hydrogen) atoms. The zero-order chi connectivity index (χ0) is 17.4. The van der Waals surface area contributed by atoms with Gasteiger partial charge in [0.2, 0.25) is 0 Å². The van der Waals surface area contributed by atoms with Gasteiger partial charge < -0.3 is 0 Å². The molecule has 0 bridgehead atoms. The van der Waals surface area contributed by atoms with Crippen LogP contribution in [0, 0.1) is 6.92 Å². The van der Waals surface area contributed by atoms with Crippen molar-refractivity contribution >= 4 is 22.5 Å². The number of fused-ring (bicyclic) bond motifs is 1. The summed E-state index contributed by atoms with van der Waals surface area (Å²) in [6.07, 6.45) is 0. The van der Waals surface area contributed by atoms with Crippen molar-refractivity contribution in [2.45, 2.75) is 6.92 Å². The largest absolute Gasteiger partial charge is 0.268 e. The van der Waals surface area contributed by atoms with E-state index in [0.29, 0.717) is 27.4 Å². The van der Waals surface area contributed by atoms with Gasteiger partial charge >= 0.3 is 0 Å². The minimum atomic E-state index is -0.107. The van der Waals surface area contributed by atoms with Crippen LogP contribution in [-0.2, 0) is 0 Å². The van der Waals surface area contributed by atoms with Gasteiger partial charge in [0, 0.05) is 10.6 Å². The number of benzene rings is 3. The third-order valence-electron chi connectivity index (χ3n) is 4.22. The second kappa shape index (κ2) is 6.19. The number of para-hydroxylation sites is 1. The van der Waals surface area contributed by atoms with Crippen LogP contribution in [0.1, 0.15) is 5.56 Å². The van der Waals surface area contributed by atoms with E-state index in [4.69, 9.17) is 16.6 Å². The Labute approximate surface area is 150 Å². The van der Waals surface area contributed by atoms with Crippen LogP contribution in [0.5, 0.6) is 0 Å². The van der Waals surface area contributed by atoms with Crippen molar-refractivity contribution in [2.24, 2.45) is 0 Å². The standard InChI is InChI=1S/C21H15ClN2O/c1-14-11-12-16(13-18(14)22)24-20(15-7-3-2-4-8-15)23-19-10-6-5-9-17(19)21(24)25/h2-13H,1H3. The summed E-state index contributed by atoms with van der Waals surface area (Å²) in [5.74, 6) is 0.601. The first-order valence-electron chi connectivity index (χ1n) is 7.99. The minimum Gasteiger partial charge on any atom is -0.268 e. The van der Waals surface area contributed by atoms with E-state index in [1.165, 1.54) is 0 Å². The van der Waals surface area contributed by atoms with Gasteiger partial charge in [-0.25, -0.2) is 4.98 Å². The molecule has 3 aromatic carbocycles. The molecule has 0 aliphatic carbocycles. The van der Waals surface area contributed by atoms with Crippen LogP contribution in [0.15, 0.2) is 77.6 Å². The maximum absolute atomic E-state index is 13.2. The third-order valence-corrected chi connectivity index (χ3v) is 4.63. The Hall–Kier alpha value is -2.91. The molecule has 0 spiro atoms. The van der Waals surface area contributed by atoms with Gasteiger partial charge in [0.1, 0.15) is 5.82 Å². The molecular formula is C21H15ClN2O. The van der Waals surface area contributed by atoms with Crippen molar-refractivity contribution in [3.63, 3.8) is 0 Å². The zero-order valence-corrected chi connectivity index (χ0v) is 14.4. The zero-order valence-electron chi connectivity index (χ0n) is 13.6. The topological polar surface area (TPSA) is 34.9 Å².